The molecule has 0 unspecified atom stereocenters. The van der Waals surface area contributed by atoms with Crippen LogP contribution in [0.1, 0.15) is 17.6 Å². The predicted molar refractivity (Wildman–Crippen MR) is 87.8 cm³/mol. The molecule has 0 aliphatic carbocycles. The van der Waals surface area contributed by atoms with E-state index in [9.17, 15) is 0 Å². The number of anilines is 2. The van der Waals surface area contributed by atoms with Crippen LogP contribution in [-0.4, -0.2) is 17.1 Å². The van der Waals surface area contributed by atoms with E-state index in [0.29, 0.717) is 0 Å². The molecule has 21 heavy (non-hydrogen) atoms. The molecule has 2 aromatic heterocycles. The Hall–Kier alpha value is -2.14. The van der Waals surface area contributed by atoms with Gasteiger partial charge in [0, 0.05) is 11.3 Å². The number of benzene rings is 1. The van der Waals surface area contributed by atoms with Crippen molar-refractivity contribution in [1.29, 1.82) is 0 Å². The van der Waals surface area contributed by atoms with Crippen molar-refractivity contribution in [2.24, 2.45) is 0 Å². The first-order valence-electron chi connectivity index (χ1n) is 6.88. The maximum atomic E-state index is 5.39. The lowest BCUT2D eigenvalue weighted by molar-refractivity contribution is 0.417. The van der Waals surface area contributed by atoms with Crippen LogP contribution in [0.5, 0.6) is 5.75 Å². The Morgan fingerprint density at radius 3 is 2.81 bits per heavy atom. The van der Waals surface area contributed by atoms with Gasteiger partial charge in [-0.25, -0.2) is 9.97 Å². The van der Waals surface area contributed by atoms with Crippen molar-refractivity contribution in [2.45, 2.75) is 20.3 Å². The van der Waals surface area contributed by atoms with Crippen molar-refractivity contribution in [3.63, 3.8) is 0 Å². The highest BCUT2D eigenvalue weighted by Gasteiger charge is 2.11. The van der Waals surface area contributed by atoms with Gasteiger partial charge in [-0.3, -0.25) is 0 Å². The molecule has 0 aliphatic heterocycles. The van der Waals surface area contributed by atoms with Gasteiger partial charge < -0.3 is 10.1 Å². The smallest absolute Gasteiger partial charge is 0.143 e. The van der Waals surface area contributed by atoms with Gasteiger partial charge in [-0.15, -0.1) is 11.3 Å². The van der Waals surface area contributed by atoms with E-state index < -0.39 is 0 Å². The summed E-state index contributed by atoms with van der Waals surface area (Å²) in [5.41, 5.74) is 0.908. The lowest BCUT2D eigenvalue weighted by Gasteiger charge is -2.11. The molecule has 5 heteroatoms. The van der Waals surface area contributed by atoms with Crippen LogP contribution in [0.4, 0.5) is 11.5 Å². The van der Waals surface area contributed by atoms with Gasteiger partial charge in [-0.05, 0) is 25.1 Å². The van der Waals surface area contributed by atoms with Crippen LogP contribution in [-0.2, 0) is 6.42 Å². The number of para-hydroxylation sites is 2. The molecular weight excluding hydrogens is 282 g/mol. The van der Waals surface area contributed by atoms with E-state index in [1.807, 2.05) is 24.3 Å². The van der Waals surface area contributed by atoms with Gasteiger partial charge in [0.2, 0.25) is 0 Å². The summed E-state index contributed by atoms with van der Waals surface area (Å²) in [7, 11) is 1.67. The van der Waals surface area contributed by atoms with Gasteiger partial charge in [-0.1, -0.05) is 19.1 Å². The van der Waals surface area contributed by atoms with E-state index >= 15 is 0 Å². The standard InChI is InChI=1S/C16H17N3OS/c1-4-14-18-15(11-9-10(2)21-16(11)19-14)17-12-7-5-6-8-13(12)20-3/h5-9H,4H2,1-3H3,(H,17,18,19). The van der Waals surface area contributed by atoms with Crippen LogP contribution >= 0.6 is 11.3 Å². The summed E-state index contributed by atoms with van der Waals surface area (Å²) in [5, 5.41) is 4.44. The molecule has 3 aromatic rings. The minimum Gasteiger partial charge on any atom is -0.495 e. The van der Waals surface area contributed by atoms with Gasteiger partial charge in [0.1, 0.15) is 22.2 Å². The zero-order valence-electron chi connectivity index (χ0n) is 12.3. The van der Waals surface area contributed by atoms with Crippen molar-refractivity contribution in [2.75, 3.05) is 12.4 Å². The normalized spacial score (nSPS) is 10.8. The number of aryl methyl sites for hydroxylation is 2. The molecule has 0 bridgehead atoms. The first-order chi connectivity index (χ1) is 10.2. The highest BCUT2D eigenvalue weighted by atomic mass is 32.1. The average Bonchev–Trinajstić information content (AvgIpc) is 2.88. The molecular formula is C16H17N3OS. The van der Waals surface area contributed by atoms with Gasteiger partial charge in [0.05, 0.1) is 18.2 Å². The van der Waals surface area contributed by atoms with Crippen molar-refractivity contribution in [3.8, 4) is 5.75 Å². The number of aromatic nitrogens is 2. The van der Waals surface area contributed by atoms with E-state index in [-0.39, 0.29) is 0 Å². The maximum absolute atomic E-state index is 5.39. The van der Waals surface area contributed by atoms with E-state index in [1.165, 1.54) is 4.88 Å². The summed E-state index contributed by atoms with van der Waals surface area (Å²) >= 11 is 1.69. The minimum atomic E-state index is 0.800. The van der Waals surface area contributed by atoms with Crippen LogP contribution in [0.25, 0.3) is 10.2 Å². The Kier molecular flexibility index (Phi) is 3.75. The van der Waals surface area contributed by atoms with E-state index in [2.05, 4.69) is 35.2 Å². The number of ether oxygens (including phenoxy) is 1. The number of hydrogen-bond donors (Lipinski definition) is 1. The lowest BCUT2D eigenvalue weighted by atomic mass is 10.2. The Labute approximate surface area is 127 Å². The van der Waals surface area contributed by atoms with E-state index in [0.717, 1.165) is 39.7 Å². The number of nitrogens with one attached hydrogen (secondary N) is 1. The third-order valence-corrected chi connectivity index (χ3v) is 4.18. The monoisotopic (exact) mass is 299 g/mol. The van der Waals surface area contributed by atoms with Crippen LogP contribution < -0.4 is 10.1 Å². The first kappa shape index (κ1) is 13.8. The maximum Gasteiger partial charge on any atom is 0.143 e. The van der Waals surface area contributed by atoms with Gasteiger partial charge in [0.15, 0.2) is 0 Å². The van der Waals surface area contributed by atoms with Crippen molar-refractivity contribution < 1.29 is 4.74 Å². The molecule has 2 heterocycles. The summed E-state index contributed by atoms with van der Waals surface area (Å²) in [4.78, 5) is 11.5. The number of fused-ring (bicyclic) bond motifs is 1. The summed E-state index contributed by atoms with van der Waals surface area (Å²) in [6, 6.07) is 9.96. The van der Waals surface area contributed by atoms with E-state index in [4.69, 9.17) is 4.74 Å². The van der Waals surface area contributed by atoms with Gasteiger partial charge >= 0.3 is 0 Å². The molecule has 1 N–H and O–H groups in total. The molecule has 0 saturated heterocycles. The zero-order chi connectivity index (χ0) is 14.8. The molecule has 0 saturated carbocycles. The largest absolute Gasteiger partial charge is 0.495 e. The highest BCUT2D eigenvalue weighted by Crippen LogP contribution is 2.33. The first-order valence-corrected chi connectivity index (χ1v) is 7.70. The molecule has 0 spiro atoms. The fraction of sp³-hybridized carbons (Fsp3) is 0.250. The van der Waals surface area contributed by atoms with Crippen molar-refractivity contribution in [1.82, 2.24) is 9.97 Å². The van der Waals surface area contributed by atoms with Crippen molar-refractivity contribution in [3.05, 3.63) is 41.0 Å². The Balaban J connectivity index is 2.10. The average molecular weight is 299 g/mol. The summed E-state index contributed by atoms with van der Waals surface area (Å²) in [5.74, 6) is 2.49. The fourth-order valence-electron chi connectivity index (χ4n) is 2.21. The summed E-state index contributed by atoms with van der Waals surface area (Å²) in [6.45, 7) is 4.15. The number of thiophene rings is 1. The SMILES string of the molecule is CCc1nc(Nc2ccccc2OC)c2cc(C)sc2n1. The quantitative estimate of drug-likeness (QED) is 0.779. The second kappa shape index (κ2) is 5.69. The molecule has 0 amide bonds. The lowest BCUT2D eigenvalue weighted by Crippen LogP contribution is -2.01. The fourth-order valence-corrected chi connectivity index (χ4v) is 3.11. The zero-order valence-corrected chi connectivity index (χ0v) is 13.1. The molecule has 0 aliphatic rings. The molecule has 3 rings (SSSR count). The van der Waals surface area contributed by atoms with Gasteiger partial charge in [-0.2, -0.15) is 0 Å². The minimum absolute atomic E-state index is 0.800. The molecule has 0 radical (unpaired) electrons. The number of nitrogens with zero attached hydrogens (tertiary/aromatic N) is 2. The summed E-state index contributed by atoms with van der Waals surface area (Å²) in [6.07, 6.45) is 0.813. The third kappa shape index (κ3) is 2.69. The topological polar surface area (TPSA) is 47.0 Å². The molecule has 4 nitrogen and oxygen atoms in total. The number of hydrogen-bond acceptors (Lipinski definition) is 5. The molecule has 0 fully saturated rings. The third-order valence-electron chi connectivity index (χ3n) is 3.24. The second-order valence-corrected chi connectivity index (χ2v) is 5.98. The molecule has 0 atom stereocenters. The van der Waals surface area contributed by atoms with Crippen LogP contribution in [0.2, 0.25) is 0 Å². The number of methoxy groups -OCH3 is 1. The predicted octanol–water partition coefficient (Wildman–Crippen LogP) is 4.31. The van der Waals surface area contributed by atoms with Crippen LogP contribution in [0, 0.1) is 6.92 Å². The van der Waals surface area contributed by atoms with Gasteiger partial charge in [0.25, 0.3) is 0 Å². The van der Waals surface area contributed by atoms with Crippen molar-refractivity contribution >= 4 is 33.1 Å². The molecule has 1 aromatic carbocycles. The second-order valence-electron chi connectivity index (χ2n) is 4.74. The number of rotatable bonds is 4. The highest BCUT2D eigenvalue weighted by molar-refractivity contribution is 7.18. The Morgan fingerprint density at radius 1 is 1.24 bits per heavy atom. The van der Waals surface area contributed by atoms with Crippen LogP contribution in [0.3, 0.4) is 0 Å². The molecule has 108 valence electrons. The van der Waals surface area contributed by atoms with Crippen LogP contribution in [0.15, 0.2) is 30.3 Å². The Morgan fingerprint density at radius 2 is 2.05 bits per heavy atom. The van der Waals surface area contributed by atoms with E-state index in [1.54, 1.807) is 18.4 Å². The summed E-state index contributed by atoms with van der Waals surface area (Å²) < 4.78 is 5.39. The Bertz CT molecular complexity index is 782.